The molecule has 1 amide bonds. The third-order valence-corrected chi connectivity index (χ3v) is 3.10. The molecule has 0 radical (unpaired) electrons. The van der Waals surface area contributed by atoms with Crippen molar-refractivity contribution in [3.05, 3.63) is 47.9 Å². The Morgan fingerprint density at radius 1 is 1.14 bits per heavy atom. The molecule has 2 N–H and O–H groups in total. The molecule has 118 valence electrons. The SMILES string of the molecule is COc1ccc(CNC(=O)CNCc2ccco2)cc1OC. The lowest BCUT2D eigenvalue weighted by Gasteiger charge is -2.10. The smallest absolute Gasteiger partial charge is 0.234 e. The van der Waals surface area contributed by atoms with E-state index < -0.39 is 0 Å². The van der Waals surface area contributed by atoms with Gasteiger partial charge < -0.3 is 24.5 Å². The lowest BCUT2D eigenvalue weighted by molar-refractivity contribution is -0.120. The lowest BCUT2D eigenvalue weighted by Crippen LogP contribution is -2.33. The van der Waals surface area contributed by atoms with E-state index in [-0.39, 0.29) is 12.5 Å². The Hall–Kier alpha value is -2.47. The summed E-state index contributed by atoms with van der Waals surface area (Å²) in [5.41, 5.74) is 0.942. The first-order valence-corrected chi connectivity index (χ1v) is 6.93. The van der Waals surface area contributed by atoms with Gasteiger partial charge in [0.15, 0.2) is 11.5 Å². The van der Waals surface area contributed by atoms with Crippen LogP contribution in [0.15, 0.2) is 41.0 Å². The van der Waals surface area contributed by atoms with Gasteiger partial charge in [-0.05, 0) is 29.8 Å². The van der Waals surface area contributed by atoms with Crippen molar-refractivity contribution in [3.8, 4) is 11.5 Å². The zero-order valence-electron chi connectivity index (χ0n) is 12.7. The van der Waals surface area contributed by atoms with E-state index in [9.17, 15) is 4.79 Å². The summed E-state index contributed by atoms with van der Waals surface area (Å²) in [4.78, 5) is 11.8. The molecule has 2 aromatic rings. The molecular weight excluding hydrogens is 284 g/mol. The van der Waals surface area contributed by atoms with Crippen molar-refractivity contribution in [1.82, 2.24) is 10.6 Å². The maximum atomic E-state index is 11.8. The predicted octanol–water partition coefficient (Wildman–Crippen LogP) is 1.70. The Morgan fingerprint density at radius 2 is 1.95 bits per heavy atom. The summed E-state index contributed by atoms with van der Waals surface area (Å²) >= 11 is 0. The van der Waals surface area contributed by atoms with Crippen molar-refractivity contribution in [3.63, 3.8) is 0 Å². The summed E-state index contributed by atoms with van der Waals surface area (Å²) in [6.45, 7) is 1.19. The molecule has 0 aliphatic carbocycles. The first-order chi connectivity index (χ1) is 10.7. The number of methoxy groups -OCH3 is 2. The van der Waals surface area contributed by atoms with Crippen LogP contribution in [0.2, 0.25) is 0 Å². The maximum absolute atomic E-state index is 11.8. The van der Waals surface area contributed by atoms with Gasteiger partial charge in [-0.2, -0.15) is 0 Å². The molecule has 1 heterocycles. The third-order valence-electron chi connectivity index (χ3n) is 3.10. The van der Waals surface area contributed by atoms with Crippen LogP contribution >= 0.6 is 0 Å². The normalized spacial score (nSPS) is 10.3. The van der Waals surface area contributed by atoms with E-state index in [1.54, 1.807) is 20.5 Å². The number of furan rings is 1. The molecule has 0 saturated heterocycles. The van der Waals surface area contributed by atoms with Gasteiger partial charge in [0, 0.05) is 6.54 Å². The summed E-state index contributed by atoms with van der Waals surface area (Å²) in [5, 5.41) is 5.85. The van der Waals surface area contributed by atoms with Crippen molar-refractivity contribution in [2.75, 3.05) is 20.8 Å². The topological polar surface area (TPSA) is 72.7 Å². The molecule has 0 aliphatic heterocycles. The van der Waals surface area contributed by atoms with E-state index in [0.29, 0.717) is 24.6 Å². The van der Waals surface area contributed by atoms with Gasteiger partial charge in [-0.1, -0.05) is 6.07 Å². The largest absolute Gasteiger partial charge is 0.493 e. The van der Waals surface area contributed by atoms with E-state index in [1.165, 1.54) is 0 Å². The van der Waals surface area contributed by atoms with Crippen molar-refractivity contribution in [2.45, 2.75) is 13.1 Å². The average molecular weight is 304 g/mol. The van der Waals surface area contributed by atoms with Crippen LogP contribution in [0.3, 0.4) is 0 Å². The average Bonchev–Trinajstić information content (AvgIpc) is 3.06. The quantitative estimate of drug-likeness (QED) is 0.776. The molecule has 0 bridgehead atoms. The third kappa shape index (κ3) is 4.53. The highest BCUT2D eigenvalue weighted by molar-refractivity contribution is 5.77. The second-order valence-electron chi connectivity index (χ2n) is 4.65. The molecule has 0 atom stereocenters. The number of nitrogens with one attached hydrogen (secondary N) is 2. The summed E-state index contributed by atoms with van der Waals surface area (Å²) in [7, 11) is 3.17. The van der Waals surface area contributed by atoms with Gasteiger partial charge in [-0.15, -0.1) is 0 Å². The molecule has 0 fully saturated rings. The molecule has 0 saturated carbocycles. The molecule has 2 rings (SSSR count). The molecule has 22 heavy (non-hydrogen) atoms. The fraction of sp³-hybridized carbons (Fsp3) is 0.312. The van der Waals surface area contributed by atoms with Gasteiger partial charge in [-0.25, -0.2) is 0 Å². The Bertz CT molecular complexity index is 596. The van der Waals surface area contributed by atoms with Crippen LogP contribution in [-0.4, -0.2) is 26.7 Å². The number of carbonyl (C=O) groups excluding carboxylic acids is 1. The minimum atomic E-state index is -0.0821. The van der Waals surface area contributed by atoms with Gasteiger partial charge in [0.2, 0.25) is 5.91 Å². The summed E-state index contributed by atoms with van der Waals surface area (Å²) in [6.07, 6.45) is 1.61. The van der Waals surface area contributed by atoms with Crippen LogP contribution in [-0.2, 0) is 17.9 Å². The zero-order valence-corrected chi connectivity index (χ0v) is 12.7. The first-order valence-electron chi connectivity index (χ1n) is 6.93. The molecule has 6 nitrogen and oxygen atoms in total. The molecule has 0 aliphatic rings. The maximum Gasteiger partial charge on any atom is 0.234 e. The fourth-order valence-corrected chi connectivity index (χ4v) is 1.97. The van der Waals surface area contributed by atoms with E-state index in [4.69, 9.17) is 13.9 Å². The summed E-state index contributed by atoms with van der Waals surface area (Å²) in [5.74, 6) is 2.02. The van der Waals surface area contributed by atoms with E-state index in [0.717, 1.165) is 11.3 Å². The zero-order chi connectivity index (χ0) is 15.8. The van der Waals surface area contributed by atoms with E-state index in [1.807, 2.05) is 30.3 Å². The Morgan fingerprint density at radius 3 is 2.64 bits per heavy atom. The highest BCUT2D eigenvalue weighted by Crippen LogP contribution is 2.27. The number of amides is 1. The summed E-state index contributed by atoms with van der Waals surface area (Å²) in [6, 6.07) is 9.21. The fourth-order valence-electron chi connectivity index (χ4n) is 1.97. The number of hydrogen-bond donors (Lipinski definition) is 2. The minimum Gasteiger partial charge on any atom is -0.493 e. The van der Waals surface area contributed by atoms with E-state index >= 15 is 0 Å². The standard InChI is InChI=1S/C16H20N2O4/c1-20-14-6-5-12(8-15(14)21-2)9-18-16(19)11-17-10-13-4-3-7-22-13/h3-8,17H,9-11H2,1-2H3,(H,18,19). The highest BCUT2D eigenvalue weighted by atomic mass is 16.5. The predicted molar refractivity (Wildman–Crippen MR) is 81.8 cm³/mol. The van der Waals surface area contributed by atoms with Crippen molar-refractivity contribution < 1.29 is 18.7 Å². The van der Waals surface area contributed by atoms with Crippen molar-refractivity contribution in [2.24, 2.45) is 0 Å². The Kier molecular flexibility index (Phi) is 5.85. The number of ether oxygens (including phenoxy) is 2. The van der Waals surface area contributed by atoms with Crippen LogP contribution < -0.4 is 20.1 Å². The molecule has 0 spiro atoms. The van der Waals surface area contributed by atoms with Crippen LogP contribution in [0.1, 0.15) is 11.3 Å². The van der Waals surface area contributed by atoms with Gasteiger partial charge >= 0.3 is 0 Å². The molecule has 0 unspecified atom stereocenters. The second kappa shape index (κ2) is 8.09. The van der Waals surface area contributed by atoms with Gasteiger partial charge in [-0.3, -0.25) is 4.79 Å². The Labute approximate surface area is 129 Å². The van der Waals surface area contributed by atoms with Gasteiger partial charge in [0.25, 0.3) is 0 Å². The molecule has 1 aromatic heterocycles. The minimum absolute atomic E-state index is 0.0821. The highest BCUT2D eigenvalue weighted by Gasteiger charge is 2.06. The van der Waals surface area contributed by atoms with Gasteiger partial charge in [0.1, 0.15) is 5.76 Å². The monoisotopic (exact) mass is 304 g/mol. The first kappa shape index (κ1) is 15.9. The Balaban J connectivity index is 1.76. The molecule has 6 heteroatoms. The number of rotatable bonds is 8. The van der Waals surface area contributed by atoms with Crippen LogP contribution in [0, 0.1) is 0 Å². The molecular formula is C16H20N2O4. The summed E-state index contributed by atoms with van der Waals surface area (Å²) < 4.78 is 15.6. The number of hydrogen-bond acceptors (Lipinski definition) is 5. The van der Waals surface area contributed by atoms with Crippen molar-refractivity contribution >= 4 is 5.91 Å². The van der Waals surface area contributed by atoms with Crippen LogP contribution in [0.5, 0.6) is 11.5 Å². The van der Waals surface area contributed by atoms with Gasteiger partial charge in [0.05, 0.1) is 33.6 Å². The number of benzene rings is 1. The van der Waals surface area contributed by atoms with E-state index in [2.05, 4.69) is 10.6 Å². The lowest BCUT2D eigenvalue weighted by atomic mass is 10.2. The second-order valence-corrected chi connectivity index (χ2v) is 4.65. The van der Waals surface area contributed by atoms with Crippen LogP contribution in [0.25, 0.3) is 0 Å². The number of carbonyl (C=O) groups is 1. The van der Waals surface area contributed by atoms with Crippen LogP contribution in [0.4, 0.5) is 0 Å². The van der Waals surface area contributed by atoms with Crippen molar-refractivity contribution in [1.29, 1.82) is 0 Å². The molecule has 1 aromatic carbocycles.